The zero-order chi connectivity index (χ0) is 23.4. The second-order valence-corrected chi connectivity index (χ2v) is 7.55. The standard InChI is InChI=1S/C20H22F2N6O.CH2O2/c1-12(2)16-19-23-18(13-7-5-4-6-8-13)25-28(19)10-9-27(16)20(29)15-11-14(17(21)22)24-26(15)3;2-1-3/h4-8,11-12,16-17H,9-10H2,1-3H3;1H,(H,2,3)/t16-;/m0./s1. The van der Waals surface area contributed by atoms with Gasteiger partial charge in [-0.25, -0.2) is 18.4 Å². The van der Waals surface area contributed by atoms with Crippen molar-refractivity contribution in [2.45, 2.75) is 32.9 Å². The molecule has 0 unspecified atom stereocenters. The Bertz CT molecular complexity index is 1080. The largest absolute Gasteiger partial charge is 0.483 e. The van der Waals surface area contributed by atoms with Crippen LogP contribution in [-0.2, 0) is 18.4 Å². The first-order valence-electron chi connectivity index (χ1n) is 9.99. The minimum atomic E-state index is -2.72. The van der Waals surface area contributed by atoms with Crippen molar-refractivity contribution in [3.05, 3.63) is 53.6 Å². The van der Waals surface area contributed by atoms with E-state index in [2.05, 4.69) is 10.2 Å². The van der Waals surface area contributed by atoms with Crippen molar-refractivity contribution in [3.63, 3.8) is 0 Å². The molecular weight excluding hydrogens is 422 g/mol. The van der Waals surface area contributed by atoms with Crippen molar-refractivity contribution in [1.29, 1.82) is 0 Å². The topological polar surface area (TPSA) is 106 Å². The van der Waals surface area contributed by atoms with Gasteiger partial charge < -0.3 is 10.0 Å². The maximum absolute atomic E-state index is 13.2. The molecule has 4 rings (SSSR count). The second kappa shape index (κ2) is 9.67. The molecule has 0 spiro atoms. The van der Waals surface area contributed by atoms with E-state index < -0.39 is 12.1 Å². The summed E-state index contributed by atoms with van der Waals surface area (Å²) in [6, 6.07) is 10.5. The van der Waals surface area contributed by atoms with Crippen LogP contribution in [0.5, 0.6) is 0 Å². The van der Waals surface area contributed by atoms with E-state index in [1.165, 1.54) is 17.8 Å². The number of hydrogen-bond donors (Lipinski definition) is 1. The summed E-state index contributed by atoms with van der Waals surface area (Å²) in [7, 11) is 1.50. The highest BCUT2D eigenvalue weighted by molar-refractivity contribution is 5.93. The predicted molar refractivity (Wildman–Crippen MR) is 111 cm³/mol. The third-order valence-corrected chi connectivity index (χ3v) is 5.12. The van der Waals surface area contributed by atoms with Gasteiger partial charge in [-0.2, -0.15) is 10.2 Å². The SMILES string of the molecule is CC(C)[C@H]1c2nc(-c3ccccc3)nn2CCN1C(=O)c1cc(C(F)F)nn1C.O=CO. The van der Waals surface area contributed by atoms with Gasteiger partial charge in [-0.3, -0.25) is 14.3 Å². The predicted octanol–water partition coefficient (Wildman–Crippen LogP) is 3.17. The van der Waals surface area contributed by atoms with Crippen LogP contribution in [0.4, 0.5) is 8.78 Å². The van der Waals surface area contributed by atoms with Crippen LogP contribution < -0.4 is 0 Å². The lowest BCUT2D eigenvalue weighted by atomic mass is 9.99. The van der Waals surface area contributed by atoms with E-state index >= 15 is 0 Å². The van der Waals surface area contributed by atoms with Gasteiger partial charge >= 0.3 is 0 Å². The highest BCUT2D eigenvalue weighted by atomic mass is 19.3. The number of benzene rings is 1. The van der Waals surface area contributed by atoms with Crippen LogP contribution in [0.15, 0.2) is 36.4 Å². The van der Waals surface area contributed by atoms with Crippen LogP contribution in [0.3, 0.4) is 0 Å². The zero-order valence-corrected chi connectivity index (χ0v) is 17.9. The minimum Gasteiger partial charge on any atom is -0.483 e. The molecule has 2 aromatic heterocycles. The first kappa shape index (κ1) is 23.0. The molecule has 170 valence electrons. The van der Waals surface area contributed by atoms with Gasteiger partial charge in [0.15, 0.2) is 11.6 Å². The van der Waals surface area contributed by atoms with Crippen LogP contribution >= 0.6 is 0 Å². The molecular formula is C21H24F2N6O3. The number of rotatable bonds is 4. The van der Waals surface area contributed by atoms with Crippen LogP contribution in [0.2, 0.25) is 0 Å². The molecule has 0 aliphatic carbocycles. The van der Waals surface area contributed by atoms with E-state index in [4.69, 9.17) is 14.9 Å². The third kappa shape index (κ3) is 4.51. The van der Waals surface area contributed by atoms with Crippen molar-refractivity contribution in [1.82, 2.24) is 29.4 Å². The summed E-state index contributed by atoms with van der Waals surface area (Å²) in [5.74, 6) is 1.05. The Balaban J connectivity index is 0.000000913. The maximum Gasteiger partial charge on any atom is 0.290 e. The number of hydrogen-bond acceptors (Lipinski definition) is 5. The number of carbonyl (C=O) groups is 2. The van der Waals surface area contributed by atoms with Crippen molar-refractivity contribution in [2.75, 3.05) is 6.54 Å². The number of fused-ring (bicyclic) bond motifs is 1. The summed E-state index contributed by atoms with van der Waals surface area (Å²) >= 11 is 0. The number of alkyl halides is 2. The molecule has 1 aromatic carbocycles. The fourth-order valence-corrected chi connectivity index (χ4v) is 3.76. The average molecular weight is 446 g/mol. The lowest BCUT2D eigenvalue weighted by molar-refractivity contribution is -0.122. The van der Waals surface area contributed by atoms with Gasteiger partial charge in [0, 0.05) is 19.2 Å². The Morgan fingerprint density at radius 1 is 1.19 bits per heavy atom. The van der Waals surface area contributed by atoms with Gasteiger partial charge in [0.2, 0.25) is 0 Å². The van der Waals surface area contributed by atoms with Gasteiger partial charge in [-0.15, -0.1) is 0 Å². The number of carbonyl (C=O) groups excluding carboxylic acids is 1. The molecule has 9 nitrogen and oxygen atoms in total. The lowest BCUT2D eigenvalue weighted by Crippen LogP contribution is -2.45. The lowest BCUT2D eigenvalue weighted by Gasteiger charge is -2.37. The molecule has 11 heteroatoms. The van der Waals surface area contributed by atoms with E-state index in [0.717, 1.165) is 5.56 Å². The molecule has 0 radical (unpaired) electrons. The third-order valence-electron chi connectivity index (χ3n) is 5.12. The first-order chi connectivity index (χ1) is 15.3. The fourth-order valence-electron chi connectivity index (χ4n) is 3.76. The monoisotopic (exact) mass is 446 g/mol. The van der Waals surface area contributed by atoms with Crippen LogP contribution in [0.25, 0.3) is 11.4 Å². The van der Waals surface area contributed by atoms with Crippen LogP contribution in [0.1, 0.15) is 48.3 Å². The Morgan fingerprint density at radius 3 is 2.41 bits per heavy atom. The van der Waals surface area contributed by atoms with E-state index in [1.54, 1.807) is 4.90 Å². The summed E-state index contributed by atoms with van der Waals surface area (Å²) in [4.78, 5) is 28.0. The molecule has 32 heavy (non-hydrogen) atoms. The number of amides is 1. The summed E-state index contributed by atoms with van der Waals surface area (Å²) in [6.07, 6.45) is -2.72. The maximum atomic E-state index is 13.2. The molecule has 1 atom stereocenters. The molecule has 0 fully saturated rings. The van der Waals surface area contributed by atoms with E-state index in [0.29, 0.717) is 24.7 Å². The average Bonchev–Trinajstić information content (AvgIpc) is 3.37. The Morgan fingerprint density at radius 2 is 1.84 bits per heavy atom. The molecule has 3 aromatic rings. The number of nitrogens with zero attached hydrogens (tertiary/aromatic N) is 6. The smallest absolute Gasteiger partial charge is 0.290 e. The highest BCUT2D eigenvalue weighted by Crippen LogP contribution is 2.33. The molecule has 0 saturated carbocycles. The Kier molecular flexibility index (Phi) is 6.96. The molecule has 3 heterocycles. The van der Waals surface area contributed by atoms with Crippen LogP contribution in [0, 0.1) is 5.92 Å². The molecule has 1 aliphatic heterocycles. The van der Waals surface area contributed by atoms with Gasteiger partial charge in [-0.1, -0.05) is 44.2 Å². The van der Waals surface area contributed by atoms with Gasteiger partial charge in [0.1, 0.15) is 11.4 Å². The number of carboxylic acid groups (broad SMARTS) is 1. The summed E-state index contributed by atoms with van der Waals surface area (Å²) in [5, 5.41) is 15.3. The molecule has 1 N–H and O–H groups in total. The number of aryl methyl sites for hydroxylation is 1. The van der Waals surface area contributed by atoms with Crippen molar-refractivity contribution >= 4 is 12.4 Å². The Hall–Kier alpha value is -3.63. The van der Waals surface area contributed by atoms with Crippen molar-refractivity contribution < 1.29 is 23.5 Å². The molecule has 0 saturated heterocycles. The van der Waals surface area contributed by atoms with Crippen molar-refractivity contribution in [2.24, 2.45) is 13.0 Å². The highest BCUT2D eigenvalue weighted by Gasteiger charge is 2.37. The minimum absolute atomic E-state index is 0.0635. The van der Waals surface area contributed by atoms with E-state index in [1.807, 2.05) is 48.9 Å². The summed E-state index contributed by atoms with van der Waals surface area (Å²) < 4.78 is 29.1. The van der Waals surface area contributed by atoms with E-state index in [9.17, 15) is 13.6 Å². The molecule has 0 bridgehead atoms. The summed E-state index contributed by atoms with van der Waals surface area (Å²) in [6.45, 7) is 4.67. The zero-order valence-electron chi connectivity index (χ0n) is 17.9. The number of aromatic nitrogens is 5. The first-order valence-corrected chi connectivity index (χ1v) is 9.99. The van der Waals surface area contributed by atoms with E-state index in [-0.39, 0.29) is 30.0 Å². The van der Waals surface area contributed by atoms with Gasteiger partial charge in [-0.05, 0) is 12.0 Å². The summed E-state index contributed by atoms with van der Waals surface area (Å²) in [5.41, 5.74) is 0.647. The van der Waals surface area contributed by atoms with Crippen LogP contribution in [-0.4, -0.2) is 53.5 Å². The van der Waals surface area contributed by atoms with Gasteiger partial charge in [0.25, 0.3) is 18.8 Å². The molecule has 1 amide bonds. The normalized spacial score (nSPS) is 15.3. The quantitative estimate of drug-likeness (QED) is 0.617. The van der Waals surface area contributed by atoms with Crippen molar-refractivity contribution in [3.8, 4) is 11.4 Å². The Labute approximate surface area is 183 Å². The fraction of sp³-hybridized carbons (Fsp3) is 0.381. The second-order valence-electron chi connectivity index (χ2n) is 7.55. The van der Waals surface area contributed by atoms with Gasteiger partial charge in [0.05, 0.1) is 12.6 Å². The number of halogens is 2. The molecule has 1 aliphatic rings.